The Morgan fingerprint density at radius 1 is 0.871 bits per heavy atom. The van der Waals surface area contributed by atoms with E-state index in [9.17, 15) is 0 Å². The minimum absolute atomic E-state index is 0.139. The van der Waals surface area contributed by atoms with Crippen molar-refractivity contribution in [3.05, 3.63) is 113 Å². The van der Waals surface area contributed by atoms with Gasteiger partial charge < -0.3 is 0 Å². The molecular formula is C24H19BrN6. The predicted octanol–water partition coefficient (Wildman–Crippen LogP) is 5.28. The van der Waals surface area contributed by atoms with Crippen LogP contribution in [-0.2, 0) is 0 Å². The summed E-state index contributed by atoms with van der Waals surface area (Å²) in [6, 6.07) is 27.2. The van der Waals surface area contributed by atoms with Crippen molar-refractivity contribution < 1.29 is 0 Å². The van der Waals surface area contributed by atoms with Crippen LogP contribution < -0.4 is 5.01 Å². The summed E-state index contributed by atoms with van der Waals surface area (Å²) in [5, 5.41) is 18.9. The van der Waals surface area contributed by atoms with E-state index >= 15 is 0 Å². The fourth-order valence-corrected chi connectivity index (χ4v) is 3.86. The van der Waals surface area contributed by atoms with Crippen LogP contribution in [0, 0.1) is 0 Å². The number of hydrogen-bond acceptors (Lipinski definition) is 5. The van der Waals surface area contributed by atoms with Crippen LogP contribution in [0.3, 0.4) is 0 Å². The molecule has 31 heavy (non-hydrogen) atoms. The van der Waals surface area contributed by atoms with E-state index in [1.54, 1.807) is 23.5 Å². The molecule has 0 unspecified atom stereocenters. The number of anilines is 1. The second kappa shape index (κ2) is 8.65. The van der Waals surface area contributed by atoms with Crippen molar-refractivity contribution in [3.63, 3.8) is 0 Å². The molecule has 0 amide bonds. The molecule has 152 valence electrons. The maximum Gasteiger partial charge on any atom is 0.141 e. The molecule has 3 aromatic carbocycles. The highest BCUT2D eigenvalue weighted by atomic mass is 79.9. The predicted molar refractivity (Wildman–Crippen MR) is 126 cm³/mol. The Bertz CT molecular complexity index is 1200. The van der Waals surface area contributed by atoms with E-state index in [0.29, 0.717) is 0 Å². The molecule has 0 fully saturated rings. The first kappa shape index (κ1) is 19.4. The summed E-state index contributed by atoms with van der Waals surface area (Å²) in [7, 11) is 0. The molecule has 0 saturated heterocycles. The van der Waals surface area contributed by atoms with E-state index in [0.717, 1.165) is 33.4 Å². The Kier molecular flexibility index (Phi) is 5.41. The third kappa shape index (κ3) is 4.32. The Hall–Kier alpha value is -3.58. The van der Waals surface area contributed by atoms with Crippen molar-refractivity contribution in [2.24, 2.45) is 10.2 Å². The van der Waals surface area contributed by atoms with Gasteiger partial charge in [-0.1, -0.05) is 70.5 Å². The maximum atomic E-state index is 5.01. The van der Waals surface area contributed by atoms with Gasteiger partial charge in [-0.2, -0.15) is 10.2 Å². The van der Waals surface area contributed by atoms with E-state index in [-0.39, 0.29) is 6.04 Å². The topological polar surface area (TPSA) is 58.7 Å². The standard InChI is InChI=1S/C24H19BrN6/c25-21-10-8-20(9-11-21)24-14-23(19-4-2-1-3-5-19)29-31(24)22-12-6-18(7-13-22)15-28-30-16-26-27-17-30/h1-13,15-17,24H,14H2/b28-15-/t24-/m0/s1. The van der Waals surface area contributed by atoms with Crippen LogP contribution in [0.15, 0.2) is 106 Å². The molecule has 0 spiro atoms. The summed E-state index contributed by atoms with van der Waals surface area (Å²) in [4.78, 5) is 0. The normalized spacial score (nSPS) is 16.1. The van der Waals surface area contributed by atoms with E-state index in [4.69, 9.17) is 5.10 Å². The number of aromatic nitrogens is 3. The van der Waals surface area contributed by atoms with Crippen LogP contribution in [0.4, 0.5) is 5.69 Å². The van der Waals surface area contributed by atoms with Crippen molar-refractivity contribution in [2.45, 2.75) is 12.5 Å². The van der Waals surface area contributed by atoms with Crippen LogP contribution in [-0.4, -0.2) is 26.8 Å². The lowest BCUT2D eigenvalue weighted by Crippen LogP contribution is -2.18. The van der Waals surface area contributed by atoms with Gasteiger partial charge in [0.15, 0.2) is 0 Å². The Labute approximate surface area is 188 Å². The van der Waals surface area contributed by atoms with Gasteiger partial charge in [-0.25, -0.2) is 4.68 Å². The number of halogens is 1. The van der Waals surface area contributed by atoms with Crippen LogP contribution >= 0.6 is 15.9 Å². The van der Waals surface area contributed by atoms with Gasteiger partial charge in [0.25, 0.3) is 0 Å². The van der Waals surface area contributed by atoms with Crippen LogP contribution in [0.25, 0.3) is 0 Å². The number of hydrazone groups is 1. The molecule has 0 saturated carbocycles. The quantitative estimate of drug-likeness (QED) is 0.372. The van der Waals surface area contributed by atoms with E-state index in [2.05, 4.69) is 96.9 Å². The number of nitrogens with zero attached hydrogens (tertiary/aromatic N) is 6. The third-order valence-electron chi connectivity index (χ3n) is 5.18. The van der Waals surface area contributed by atoms with Crippen LogP contribution in [0.1, 0.15) is 29.2 Å². The SMILES string of the molecule is Brc1ccc([C@@H]2CC(c3ccccc3)=NN2c2ccc(/C=N\n3cnnc3)cc2)cc1. The van der Waals surface area contributed by atoms with Gasteiger partial charge in [0.2, 0.25) is 0 Å². The van der Waals surface area contributed by atoms with E-state index in [1.807, 2.05) is 18.2 Å². The van der Waals surface area contributed by atoms with Crippen LogP contribution in [0.2, 0.25) is 0 Å². The largest absolute Gasteiger partial charge is 0.257 e. The van der Waals surface area contributed by atoms with Crippen molar-refractivity contribution in [3.8, 4) is 0 Å². The fourth-order valence-electron chi connectivity index (χ4n) is 3.60. The second-order valence-electron chi connectivity index (χ2n) is 7.21. The lowest BCUT2D eigenvalue weighted by molar-refractivity contribution is 0.709. The highest BCUT2D eigenvalue weighted by molar-refractivity contribution is 9.10. The highest BCUT2D eigenvalue weighted by Gasteiger charge is 2.29. The molecule has 2 heterocycles. The first-order chi connectivity index (χ1) is 15.3. The monoisotopic (exact) mass is 470 g/mol. The van der Waals surface area contributed by atoms with Gasteiger partial charge in [-0.05, 0) is 41.0 Å². The first-order valence-corrected chi connectivity index (χ1v) is 10.7. The first-order valence-electron chi connectivity index (χ1n) is 9.93. The molecule has 6 nitrogen and oxygen atoms in total. The molecule has 1 aliphatic heterocycles. The summed E-state index contributed by atoms with van der Waals surface area (Å²) in [6.07, 6.45) is 5.74. The highest BCUT2D eigenvalue weighted by Crippen LogP contribution is 2.37. The molecule has 7 heteroatoms. The van der Waals surface area contributed by atoms with E-state index in [1.165, 1.54) is 5.56 Å². The lowest BCUT2D eigenvalue weighted by Gasteiger charge is -2.24. The van der Waals surface area contributed by atoms with Gasteiger partial charge >= 0.3 is 0 Å². The molecule has 5 rings (SSSR count). The van der Waals surface area contributed by atoms with Gasteiger partial charge in [0.1, 0.15) is 12.7 Å². The summed E-state index contributed by atoms with van der Waals surface area (Å²) in [5.74, 6) is 0. The van der Waals surface area contributed by atoms with Gasteiger partial charge in [0.05, 0.1) is 23.7 Å². The molecule has 0 aliphatic carbocycles. The minimum atomic E-state index is 0.139. The molecule has 0 bridgehead atoms. The number of hydrogen-bond donors (Lipinski definition) is 0. The molecule has 1 aliphatic rings. The molecular weight excluding hydrogens is 452 g/mol. The lowest BCUT2D eigenvalue weighted by atomic mass is 9.98. The minimum Gasteiger partial charge on any atom is -0.257 e. The zero-order valence-corrected chi connectivity index (χ0v) is 18.2. The van der Waals surface area contributed by atoms with Crippen LogP contribution in [0.5, 0.6) is 0 Å². The number of benzene rings is 3. The zero-order valence-electron chi connectivity index (χ0n) is 16.6. The zero-order chi connectivity index (χ0) is 21.0. The Morgan fingerprint density at radius 2 is 1.58 bits per heavy atom. The average molecular weight is 471 g/mol. The van der Waals surface area contributed by atoms with Crippen molar-refractivity contribution in [2.75, 3.05) is 5.01 Å². The number of rotatable bonds is 5. The second-order valence-corrected chi connectivity index (χ2v) is 8.12. The molecule has 4 aromatic rings. The molecule has 0 N–H and O–H groups in total. The maximum absolute atomic E-state index is 5.01. The van der Waals surface area contributed by atoms with Gasteiger partial charge in [0, 0.05) is 10.9 Å². The molecule has 1 atom stereocenters. The van der Waals surface area contributed by atoms with Gasteiger partial charge in [-0.3, -0.25) is 5.01 Å². The molecule has 0 radical (unpaired) electrons. The van der Waals surface area contributed by atoms with Crippen molar-refractivity contribution >= 4 is 33.5 Å². The Morgan fingerprint density at radius 3 is 2.29 bits per heavy atom. The van der Waals surface area contributed by atoms with Gasteiger partial charge in [-0.15, -0.1) is 10.2 Å². The Balaban J connectivity index is 1.45. The average Bonchev–Trinajstić information content (AvgIpc) is 3.50. The fraction of sp³-hybridized carbons (Fsp3) is 0.0833. The summed E-state index contributed by atoms with van der Waals surface area (Å²) < 4.78 is 2.63. The smallest absolute Gasteiger partial charge is 0.141 e. The molecule has 1 aromatic heterocycles. The van der Waals surface area contributed by atoms with Crippen molar-refractivity contribution in [1.82, 2.24) is 14.9 Å². The summed E-state index contributed by atoms with van der Waals surface area (Å²) >= 11 is 3.54. The third-order valence-corrected chi connectivity index (χ3v) is 5.71. The summed E-state index contributed by atoms with van der Waals surface area (Å²) in [5.41, 5.74) is 5.51. The van der Waals surface area contributed by atoms with Crippen molar-refractivity contribution in [1.29, 1.82) is 0 Å². The summed E-state index contributed by atoms with van der Waals surface area (Å²) in [6.45, 7) is 0. The van der Waals surface area contributed by atoms with E-state index < -0.39 is 0 Å².